The molecule has 1 saturated heterocycles. The van der Waals surface area contributed by atoms with Gasteiger partial charge in [-0.1, -0.05) is 23.9 Å². The molecule has 1 aliphatic heterocycles. The monoisotopic (exact) mass is 395 g/mol. The van der Waals surface area contributed by atoms with Crippen molar-refractivity contribution in [3.8, 4) is 17.6 Å². The minimum Gasteiger partial charge on any atom is -0.494 e. The highest BCUT2D eigenvalue weighted by atomic mass is 32.2. The Morgan fingerprint density at radius 1 is 1.25 bits per heavy atom. The lowest BCUT2D eigenvalue weighted by Crippen LogP contribution is -2.40. The van der Waals surface area contributed by atoms with Crippen LogP contribution in [-0.4, -0.2) is 41.0 Å². The zero-order valence-electron chi connectivity index (χ0n) is 15.8. The molecule has 0 spiro atoms. The third kappa shape index (κ3) is 4.65. The van der Waals surface area contributed by atoms with Gasteiger partial charge < -0.3 is 9.47 Å². The maximum atomic E-state index is 12.8. The molecule has 3 rings (SSSR count). The van der Waals surface area contributed by atoms with Crippen molar-refractivity contribution in [1.29, 1.82) is 5.26 Å². The van der Waals surface area contributed by atoms with Crippen LogP contribution < -0.4 is 9.47 Å². The molecule has 0 unspecified atom stereocenters. The lowest BCUT2D eigenvalue weighted by molar-refractivity contribution is -0.130. The standard InChI is InChI=1S/C21H21N3O3S/c1-3-26-18-10-8-17(9-11-18)23-21-24(15(2)14-28-21)20(25)13-27-19-7-5-4-6-16(19)12-22/h4-11,15H,3,13-14H2,1-2H3/t15-/m1/s1. The van der Waals surface area contributed by atoms with Gasteiger partial charge in [0.05, 0.1) is 17.9 Å². The fourth-order valence-electron chi connectivity index (χ4n) is 2.75. The number of para-hydroxylation sites is 1. The summed E-state index contributed by atoms with van der Waals surface area (Å²) in [6.07, 6.45) is 0. The quantitative estimate of drug-likeness (QED) is 0.739. The molecule has 0 radical (unpaired) electrons. The molecule has 0 aliphatic carbocycles. The van der Waals surface area contributed by atoms with Crippen molar-refractivity contribution in [2.45, 2.75) is 19.9 Å². The number of ether oxygens (including phenoxy) is 2. The summed E-state index contributed by atoms with van der Waals surface area (Å²) >= 11 is 1.54. The smallest absolute Gasteiger partial charge is 0.266 e. The van der Waals surface area contributed by atoms with Crippen molar-refractivity contribution in [1.82, 2.24) is 4.90 Å². The Kier molecular flexibility index (Phi) is 6.56. The third-order valence-electron chi connectivity index (χ3n) is 4.10. The summed E-state index contributed by atoms with van der Waals surface area (Å²) in [5, 5.41) is 9.79. The minimum absolute atomic E-state index is 0.0220. The molecule has 28 heavy (non-hydrogen) atoms. The van der Waals surface area contributed by atoms with Crippen LogP contribution in [0, 0.1) is 11.3 Å². The SMILES string of the molecule is CCOc1ccc(N=C2SC[C@@H](C)N2C(=O)COc2ccccc2C#N)cc1. The van der Waals surface area contributed by atoms with Gasteiger partial charge in [0.1, 0.15) is 17.6 Å². The molecule has 6 nitrogen and oxygen atoms in total. The number of thioether (sulfide) groups is 1. The molecular formula is C21H21N3O3S. The highest BCUT2D eigenvalue weighted by Crippen LogP contribution is 2.28. The van der Waals surface area contributed by atoms with Gasteiger partial charge in [0.25, 0.3) is 5.91 Å². The second-order valence-electron chi connectivity index (χ2n) is 6.14. The minimum atomic E-state index is -0.185. The van der Waals surface area contributed by atoms with Crippen molar-refractivity contribution in [2.75, 3.05) is 19.0 Å². The van der Waals surface area contributed by atoms with Crippen LogP contribution in [-0.2, 0) is 4.79 Å². The first-order valence-corrected chi connectivity index (χ1v) is 9.99. The van der Waals surface area contributed by atoms with Gasteiger partial charge in [-0.2, -0.15) is 5.26 Å². The highest BCUT2D eigenvalue weighted by Gasteiger charge is 2.32. The van der Waals surface area contributed by atoms with E-state index in [-0.39, 0.29) is 18.6 Å². The predicted octanol–water partition coefficient (Wildman–Crippen LogP) is 3.99. The molecule has 0 N–H and O–H groups in total. The van der Waals surface area contributed by atoms with Crippen LogP contribution in [0.25, 0.3) is 0 Å². The second-order valence-corrected chi connectivity index (χ2v) is 7.13. The number of amidine groups is 1. The molecule has 1 atom stereocenters. The molecule has 1 aliphatic rings. The summed E-state index contributed by atoms with van der Waals surface area (Å²) in [7, 11) is 0. The van der Waals surface area contributed by atoms with E-state index in [2.05, 4.69) is 11.1 Å². The maximum Gasteiger partial charge on any atom is 0.266 e. The van der Waals surface area contributed by atoms with Crippen LogP contribution in [0.1, 0.15) is 19.4 Å². The van der Waals surface area contributed by atoms with Gasteiger partial charge in [-0.05, 0) is 50.2 Å². The third-order valence-corrected chi connectivity index (χ3v) is 5.30. The fourth-order valence-corrected chi connectivity index (χ4v) is 3.88. The molecule has 0 bridgehead atoms. The zero-order valence-corrected chi connectivity index (χ0v) is 16.6. The van der Waals surface area contributed by atoms with Gasteiger partial charge in [-0.3, -0.25) is 9.69 Å². The first kappa shape index (κ1) is 19.8. The normalized spacial score (nSPS) is 17.4. The lowest BCUT2D eigenvalue weighted by atomic mass is 10.2. The Morgan fingerprint density at radius 2 is 2.00 bits per heavy atom. The number of hydrogen-bond donors (Lipinski definition) is 0. The summed E-state index contributed by atoms with van der Waals surface area (Å²) in [6, 6.07) is 16.4. The summed E-state index contributed by atoms with van der Waals surface area (Å²) in [5.74, 6) is 1.78. The number of nitriles is 1. The number of rotatable bonds is 6. The zero-order chi connectivity index (χ0) is 19.9. The Balaban J connectivity index is 1.71. The maximum absolute atomic E-state index is 12.8. The summed E-state index contributed by atoms with van der Waals surface area (Å²) in [6.45, 7) is 4.38. The Hall–Kier alpha value is -2.98. The van der Waals surface area contributed by atoms with Crippen LogP contribution >= 0.6 is 11.8 Å². The van der Waals surface area contributed by atoms with E-state index in [4.69, 9.17) is 14.7 Å². The molecule has 7 heteroatoms. The van der Waals surface area contributed by atoms with Crippen molar-refractivity contribution in [3.63, 3.8) is 0 Å². The average Bonchev–Trinajstić information content (AvgIpc) is 3.08. The number of amides is 1. The molecule has 1 heterocycles. The Morgan fingerprint density at radius 3 is 2.71 bits per heavy atom. The van der Waals surface area contributed by atoms with Gasteiger partial charge >= 0.3 is 0 Å². The number of benzene rings is 2. The number of aliphatic imine (C=N–C) groups is 1. The van der Waals surface area contributed by atoms with Crippen molar-refractivity contribution in [2.24, 2.45) is 4.99 Å². The highest BCUT2D eigenvalue weighted by molar-refractivity contribution is 8.14. The van der Waals surface area contributed by atoms with E-state index in [1.807, 2.05) is 38.1 Å². The first-order valence-electron chi connectivity index (χ1n) is 9.00. The average molecular weight is 395 g/mol. The van der Waals surface area contributed by atoms with Crippen LogP contribution in [0.4, 0.5) is 5.69 Å². The van der Waals surface area contributed by atoms with E-state index >= 15 is 0 Å². The number of carbonyl (C=O) groups is 1. The fraction of sp³-hybridized carbons (Fsp3) is 0.286. The van der Waals surface area contributed by atoms with Crippen molar-refractivity contribution < 1.29 is 14.3 Å². The van der Waals surface area contributed by atoms with E-state index in [1.54, 1.807) is 40.9 Å². The summed E-state index contributed by atoms with van der Waals surface area (Å²) in [5.41, 5.74) is 1.16. The number of carbonyl (C=O) groups excluding carboxylic acids is 1. The molecule has 2 aromatic rings. The van der Waals surface area contributed by atoms with Crippen LogP contribution in [0.2, 0.25) is 0 Å². The predicted molar refractivity (Wildman–Crippen MR) is 110 cm³/mol. The Bertz CT molecular complexity index is 906. The van der Waals surface area contributed by atoms with E-state index in [1.165, 1.54) is 0 Å². The summed E-state index contributed by atoms with van der Waals surface area (Å²) < 4.78 is 11.0. The first-order chi connectivity index (χ1) is 13.6. The molecule has 2 aromatic carbocycles. The second kappa shape index (κ2) is 9.29. The van der Waals surface area contributed by atoms with Gasteiger partial charge in [0, 0.05) is 11.8 Å². The van der Waals surface area contributed by atoms with E-state index in [0.717, 1.165) is 17.2 Å². The van der Waals surface area contributed by atoms with Gasteiger partial charge in [-0.15, -0.1) is 0 Å². The molecule has 1 fully saturated rings. The van der Waals surface area contributed by atoms with Crippen LogP contribution in [0.5, 0.6) is 11.5 Å². The van der Waals surface area contributed by atoms with Crippen LogP contribution in [0.3, 0.4) is 0 Å². The van der Waals surface area contributed by atoms with E-state index in [0.29, 0.717) is 23.1 Å². The number of hydrogen-bond acceptors (Lipinski definition) is 6. The summed E-state index contributed by atoms with van der Waals surface area (Å²) in [4.78, 5) is 19.1. The van der Waals surface area contributed by atoms with E-state index in [9.17, 15) is 4.79 Å². The largest absolute Gasteiger partial charge is 0.494 e. The lowest BCUT2D eigenvalue weighted by Gasteiger charge is -2.21. The van der Waals surface area contributed by atoms with Gasteiger partial charge in [-0.25, -0.2) is 4.99 Å². The van der Waals surface area contributed by atoms with Crippen molar-refractivity contribution >= 4 is 28.5 Å². The van der Waals surface area contributed by atoms with Gasteiger partial charge in [0.2, 0.25) is 0 Å². The molecule has 144 valence electrons. The van der Waals surface area contributed by atoms with Crippen molar-refractivity contribution in [3.05, 3.63) is 54.1 Å². The van der Waals surface area contributed by atoms with Crippen LogP contribution in [0.15, 0.2) is 53.5 Å². The Labute approximate surface area is 168 Å². The topological polar surface area (TPSA) is 74.9 Å². The molecule has 0 saturated carbocycles. The van der Waals surface area contributed by atoms with Gasteiger partial charge in [0.15, 0.2) is 11.8 Å². The molecule has 1 amide bonds. The van der Waals surface area contributed by atoms with E-state index < -0.39 is 0 Å². The number of nitrogens with zero attached hydrogens (tertiary/aromatic N) is 3. The molecular weight excluding hydrogens is 374 g/mol. The molecule has 0 aromatic heterocycles.